The van der Waals surface area contributed by atoms with E-state index in [1.54, 1.807) is 0 Å². The van der Waals surface area contributed by atoms with Gasteiger partial charge in [0, 0.05) is 23.7 Å². The summed E-state index contributed by atoms with van der Waals surface area (Å²) in [6, 6.07) is 7.58. The topological polar surface area (TPSA) is 15.3 Å². The van der Waals surface area contributed by atoms with Crippen LogP contribution in [0.1, 0.15) is 30.9 Å². The Balaban J connectivity index is 1.50. The van der Waals surface area contributed by atoms with E-state index in [1.165, 1.54) is 37.1 Å². The van der Waals surface area contributed by atoms with E-state index >= 15 is 0 Å². The lowest BCUT2D eigenvalue weighted by Crippen LogP contribution is -2.42. The highest BCUT2D eigenvalue weighted by Crippen LogP contribution is 2.25. The van der Waals surface area contributed by atoms with Crippen molar-refractivity contribution < 1.29 is 0 Å². The van der Waals surface area contributed by atoms with Crippen molar-refractivity contribution in [2.24, 2.45) is 0 Å². The monoisotopic (exact) mass is 278 g/mol. The van der Waals surface area contributed by atoms with Crippen LogP contribution < -0.4 is 5.32 Å². The summed E-state index contributed by atoms with van der Waals surface area (Å²) in [7, 11) is 0. The fourth-order valence-corrected chi connectivity index (χ4v) is 3.57. The van der Waals surface area contributed by atoms with Crippen LogP contribution in [-0.2, 0) is 12.8 Å². The molecule has 1 fully saturated rings. The van der Waals surface area contributed by atoms with E-state index in [2.05, 4.69) is 29.3 Å². The van der Waals surface area contributed by atoms with Gasteiger partial charge in [0.25, 0.3) is 0 Å². The zero-order chi connectivity index (χ0) is 13.2. The Bertz CT molecular complexity index is 440. The van der Waals surface area contributed by atoms with E-state index < -0.39 is 0 Å². The molecule has 2 atom stereocenters. The molecule has 1 heterocycles. The summed E-state index contributed by atoms with van der Waals surface area (Å²) in [6.07, 6.45) is 5.03. The number of benzene rings is 1. The van der Waals surface area contributed by atoms with E-state index in [0.717, 1.165) is 24.4 Å². The standard InChI is InChI=1S/C16H23ClN2/c1-12(19-6-2-3-7-19)11-18-16-9-13-4-5-15(17)8-14(13)10-16/h4-5,8,12,16,18H,2-3,6-7,9-11H2,1H3. The van der Waals surface area contributed by atoms with Gasteiger partial charge in [-0.05, 0) is 69.0 Å². The van der Waals surface area contributed by atoms with Gasteiger partial charge in [-0.2, -0.15) is 0 Å². The maximum Gasteiger partial charge on any atom is 0.0408 e. The van der Waals surface area contributed by atoms with Gasteiger partial charge < -0.3 is 5.32 Å². The number of fused-ring (bicyclic) bond motifs is 1. The van der Waals surface area contributed by atoms with Crippen LogP contribution in [-0.4, -0.2) is 36.6 Å². The molecule has 2 unspecified atom stereocenters. The van der Waals surface area contributed by atoms with Crippen molar-refractivity contribution in [2.45, 2.75) is 44.7 Å². The summed E-state index contributed by atoms with van der Waals surface area (Å²) in [5.74, 6) is 0. The highest BCUT2D eigenvalue weighted by atomic mass is 35.5. The molecule has 2 nitrogen and oxygen atoms in total. The quantitative estimate of drug-likeness (QED) is 0.911. The van der Waals surface area contributed by atoms with Gasteiger partial charge in [-0.25, -0.2) is 0 Å². The van der Waals surface area contributed by atoms with Gasteiger partial charge in [0.2, 0.25) is 0 Å². The molecule has 1 aromatic carbocycles. The van der Waals surface area contributed by atoms with Crippen molar-refractivity contribution >= 4 is 11.6 Å². The molecule has 0 radical (unpaired) electrons. The summed E-state index contributed by atoms with van der Waals surface area (Å²) in [5.41, 5.74) is 2.90. The molecule has 0 spiro atoms. The Labute approximate surface area is 121 Å². The summed E-state index contributed by atoms with van der Waals surface area (Å²) < 4.78 is 0. The number of likely N-dealkylation sites (tertiary alicyclic amines) is 1. The lowest BCUT2D eigenvalue weighted by Gasteiger charge is -2.25. The van der Waals surface area contributed by atoms with Gasteiger partial charge in [-0.3, -0.25) is 4.90 Å². The zero-order valence-corrected chi connectivity index (χ0v) is 12.4. The summed E-state index contributed by atoms with van der Waals surface area (Å²) in [4.78, 5) is 2.60. The first-order chi connectivity index (χ1) is 9.22. The normalized spacial score (nSPS) is 24.6. The number of nitrogens with zero attached hydrogens (tertiary/aromatic N) is 1. The van der Waals surface area contributed by atoms with E-state index in [-0.39, 0.29) is 0 Å². The van der Waals surface area contributed by atoms with Crippen LogP contribution >= 0.6 is 11.6 Å². The van der Waals surface area contributed by atoms with Crippen molar-refractivity contribution in [1.29, 1.82) is 0 Å². The number of hydrogen-bond donors (Lipinski definition) is 1. The van der Waals surface area contributed by atoms with Crippen LogP contribution in [0.4, 0.5) is 0 Å². The first-order valence-corrected chi connectivity index (χ1v) is 7.85. The molecule has 1 aliphatic carbocycles. The molecule has 1 N–H and O–H groups in total. The minimum Gasteiger partial charge on any atom is -0.312 e. The van der Waals surface area contributed by atoms with Crippen LogP contribution in [0.2, 0.25) is 5.02 Å². The molecule has 0 aromatic heterocycles. The third kappa shape index (κ3) is 3.13. The minimum atomic E-state index is 0.596. The van der Waals surface area contributed by atoms with Crippen LogP contribution in [0, 0.1) is 0 Å². The Morgan fingerprint density at radius 3 is 2.79 bits per heavy atom. The summed E-state index contributed by atoms with van der Waals surface area (Å²) in [5, 5.41) is 4.61. The average molecular weight is 279 g/mol. The molecule has 2 aliphatic rings. The minimum absolute atomic E-state index is 0.596. The van der Waals surface area contributed by atoms with Crippen molar-refractivity contribution in [3.63, 3.8) is 0 Å². The molecular weight excluding hydrogens is 256 g/mol. The van der Waals surface area contributed by atoms with Gasteiger partial charge in [0.15, 0.2) is 0 Å². The van der Waals surface area contributed by atoms with Gasteiger partial charge in [-0.1, -0.05) is 17.7 Å². The predicted molar refractivity (Wildman–Crippen MR) is 80.9 cm³/mol. The lowest BCUT2D eigenvalue weighted by molar-refractivity contribution is 0.246. The number of rotatable bonds is 4. The van der Waals surface area contributed by atoms with E-state index in [9.17, 15) is 0 Å². The molecule has 0 amide bonds. The number of nitrogens with one attached hydrogen (secondary N) is 1. The van der Waals surface area contributed by atoms with Gasteiger partial charge in [-0.15, -0.1) is 0 Å². The molecule has 104 valence electrons. The van der Waals surface area contributed by atoms with Gasteiger partial charge >= 0.3 is 0 Å². The fraction of sp³-hybridized carbons (Fsp3) is 0.625. The van der Waals surface area contributed by atoms with Crippen LogP contribution in [0.3, 0.4) is 0 Å². The maximum absolute atomic E-state index is 6.06. The first kappa shape index (κ1) is 13.4. The number of hydrogen-bond acceptors (Lipinski definition) is 2. The van der Waals surface area contributed by atoms with E-state index in [1.807, 2.05) is 6.07 Å². The highest BCUT2D eigenvalue weighted by Gasteiger charge is 2.23. The maximum atomic E-state index is 6.06. The van der Waals surface area contributed by atoms with Crippen LogP contribution in [0.15, 0.2) is 18.2 Å². The van der Waals surface area contributed by atoms with E-state index in [4.69, 9.17) is 11.6 Å². The molecule has 1 saturated heterocycles. The summed E-state index contributed by atoms with van der Waals surface area (Å²) >= 11 is 6.06. The Kier molecular flexibility index (Phi) is 4.11. The van der Waals surface area contributed by atoms with Crippen molar-refractivity contribution in [2.75, 3.05) is 19.6 Å². The van der Waals surface area contributed by atoms with Gasteiger partial charge in [0.05, 0.1) is 0 Å². The van der Waals surface area contributed by atoms with Crippen molar-refractivity contribution in [3.8, 4) is 0 Å². The Morgan fingerprint density at radius 2 is 2.00 bits per heavy atom. The second kappa shape index (κ2) is 5.82. The largest absolute Gasteiger partial charge is 0.312 e. The fourth-order valence-electron chi connectivity index (χ4n) is 3.38. The smallest absolute Gasteiger partial charge is 0.0408 e. The molecule has 3 heteroatoms. The highest BCUT2D eigenvalue weighted by molar-refractivity contribution is 6.30. The van der Waals surface area contributed by atoms with E-state index in [0.29, 0.717) is 12.1 Å². The number of halogens is 1. The second-order valence-electron chi connectivity index (χ2n) is 6.02. The molecule has 0 saturated carbocycles. The molecule has 19 heavy (non-hydrogen) atoms. The van der Waals surface area contributed by atoms with Crippen LogP contribution in [0.25, 0.3) is 0 Å². The summed E-state index contributed by atoms with van der Waals surface area (Å²) in [6.45, 7) is 6.01. The predicted octanol–water partition coefficient (Wildman–Crippen LogP) is 2.88. The van der Waals surface area contributed by atoms with Crippen molar-refractivity contribution in [1.82, 2.24) is 10.2 Å². The third-order valence-corrected chi connectivity index (χ3v) is 4.80. The van der Waals surface area contributed by atoms with Crippen molar-refractivity contribution in [3.05, 3.63) is 34.3 Å². The molecule has 0 bridgehead atoms. The molecule has 3 rings (SSSR count). The Hall–Kier alpha value is -0.570. The Morgan fingerprint density at radius 1 is 1.26 bits per heavy atom. The van der Waals surface area contributed by atoms with Gasteiger partial charge in [0.1, 0.15) is 0 Å². The lowest BCUT2D eigenvalue weighted by atomic mass is 10.1. The molecule has 1 aromatic rings. The molecular formula is C16H23ClN2. The zero-order valence-electron chi connectivity index (χ0n) is 11.7. The third-order valence-electron chi connectivity index (χ3n) is 4.57. The second-order valence-corrected chi connectivity index (χ2v) is 6.45. The van der Waals surface area contributed by atoms with Crippen LogP contribution in [0.5, 0.6) is 0 Å². The average Bonchev–Trinajstić information content (AvgIpc) is 3.04. The molecule has 1 aliphatic heterocycles. The first-order valence-electron chi connectivity index (χ1n) is 7.47. The SMILES string of the molecule is CC(CNC1Cc2ccc(Cl)cc2C1)N1CCCC1.